The maximum atomic E-state index is 12.8. The summed E-state index contributed by atoms with van der Waals surface area (Å²) in [5, 5.41) is 1.87. The molecule has 1 amide bonds. The zero-order valence-electron chi connectivity index (χ0n) is 11.3. The monoisotopic (exact) mass is 304 g/mol. The van der Waals surface area contributed by atoms with Gasteiger partial charge in [0.05, 0.1) is 6.54 Å². The predicted octanol–water partition coefficient (Wildman–Crippen LogP) is 2.47. The van der Waals surface area contributed by atoms with Crippen LogP contribution in [-0.4, -0.2) is 36.1 Å². The summed E-state index contributed by atoms with van der Waals surface area (Å²) in [6.45, 7) is -0.983. The number of rotatable bonds is 6. The normalized spacial score (nSPS) is 15.3. The second kappa shape index (κ2) is 6.43. The van der Waals surface area contributed by atoms with Crippen molar-refractivity contribution in [2.45, 2.75) is 31.6 Å². The zero-order valence-corrected chi connectivity index (χ0v) is 11.3. The highest BCUT2D eigenvalue weighted by atomic mass is 19.4. The van der Waals surface area contributed by atoms with E-state index in [2.05, 4.69) is 0 Å². The first-order valence-corrected chi connectivity index (χ1v) is 6.65. The lowest BCUT2D eigenvalue weighted by Crippen LogP contribution is -2.41. The lowest BCUT2D eigenvalue weighted by molar-refractivity contribution is -0.139. The SMILES string of the molecule is O=C(CN(Cc1ccc(F)cc1)C1CC1)NCC(F)(F)F. The van der Waals surface area contributed by atoms with Crippen molar-refractivity contribution in [2.75, 3.05) is 13.1 Å². The van der Waals surface area contributed by atoms with Crippen molar-refractivity contribution < 1.29 is 22.4 Å². The molecule has 1 fully saturated rings. The molecule has 1 aromatic carbocycles. The summed E-state index contributed by atoms with van der Waals surface area (Å²) in [6.07, 6.45) is -2.56. The smallest absolute Gasteiger partial charge is 0.346 e. The van der Waals surface area contributed by atoms with Gasteiger partial charge >= 0.3 is 6.18 Å². The molecule has 21 heavy (non-hydrogen) atoms. The van der Waals surface area contributed by atoms with Gasteiger partial charge in [-0.2, -0.15) is 13.2 Å². The van der Waals surface area contributed by atoms with E-state index in [1.165, 1.54) is 12.1 Å². The van der Waals surface area contributed by atoms with Gasteiger partial charge in [-0.15, -0.1) is 0 Å². The molecule has 0 bridgehead atoms. The minimum Gasteiger partial charge on any atom is -0.346 e. The van der Waals surface area contributed by atoms with Crippen molar-refractivity contribution in [3.8, 4) is 0 Å². The Morgan fingerprint density at radius 2 is 1.86 bits per heavy atom. The number of hydrogen-bond donors (Lipinski definition) is 1. The first kappa shape index (κ1) is 15.8. The second-order valence-electron chi connectivity index (χ2n) is 5.15. The molecule has 0 spiro atoms. The molecule has 0 aliphatic heterocycles. The highest BCUT2D eigenvalue weighted by Crippen LogP contribution is 2.28. The van der Waals surface area contributed by atoms with Gasteiger partial charge in [-0.05, 0) is 30.5 Å². The van der Waals surface area contributed by atoms with Crippen LogP contribution in [0.15, 0.2) is 24.3 Å². The average Bonchev–Trinajstić information content (AvgIpc) is 3.22. The van der Waals surface area contributed by atoms with Crippen LogP contribution < -0.4 is 5.32 Å². The van der Waals surface area contributed by atoms with Gasteiger partial charge in [0.1, 0.15) is 12.4 Å². The fraction of sp³-hybridized carbons (Fsp3) is 0.500. The molecular weight excluding hydrogens is 288 g/mol. The van der Waals surface area contributed by atoms with E-state index in [-0.39, 0.29) is 18.4 Å². The summed E-state index contributed by atoms with van der Waals surface area (Å²) in [7, 11) is 0. The molecule has 1 saturated carbocycles. The van der Waals surface area contributed by atoms with Crippen LogP contribution in [0.4, 0.5) is 17.6 Å². The Balaban J connectivity index is 1.87. The molecule has 7 heteroatoms. The fourth-order valence-corrected chi connectivity index (χ4v) is 2.02. The van der Waals surface area contributed by atoms with Crippen LogP contribution in [0, 0.1) is 5.82 Å². The Bertz CT molecular complexity index is 483. The van der Waals surface area contributed by atoms with Crippen molar-refractivity contribution in [1.82, 2.24) is 10.2 Å². The standard InChI is InChI=1S/C14H16F4N2O/c15-11-3-1-10(2-4-11)7-20(12-5-6-12)8-13(21)19-9-14(16,17)18/h1-4,12H,5-9H2,(H,19,21). The molecule has 116 valence electrons. The average molecular weight is 304 g/mol. The topological polar surface area (TPSA) is 32.3 Å². The molecule has 0 heterocycles. The Morgan fingerprint density at radius 3 is 2.38 bits per heavy atom. The highest BCUT2D eigenvalue weighted by molar-refractivity contribution is 5.78. The van der Waals surface area contributed by atoms with Crippen molar-refractivity contribution in [3.05, 3.63) is 35.6 Å². The predicted molar refractivity (Wildman–Crippen MR) is 68.9 cm³/mol. The molecule has 0 aromatic heterocycles. The van der Waals surface area contributed by atoms with E-state index >= 15 is 0 Å². The third-order valence-corrected chi connectivity index (χ3v) is 3.19. The quantitative estimate of drug-likeness (QED) is 0.819. The molecular formula is C14H16F4N2O. The van der Waals surface area contributed by atoms with E-state index in [0.717, 1.165) is 18.4 Å². The molecule has 1 aliphatic carbocycles. The molecule has 1 aliphatic rings. The molecule has 2 rings (SSSR count). The van der Waals surface area contributed by atoms with Gasteiger partial charge in [0, 0.05) is 12.6 Å². The zero-order chi connectivity index (χ0) is 15.5. The van der Waals surface area contributed by atoms with Crippen molar-refractivity contribution in [3.63, 3.8) is 0 Å². The molecule has 0 unspecified atom stereocenters. The fourth-order valence-electron chi connectivity index (χ4n) is 2.02. The van der Waals surface area contributed by atoms with Crippen LogP contribution in [0.3, 0.4) is 0 Å². The van der Waals surface area contributed by atoms with E-state index in [1.54, 1.807) is 12.1 Å². The molecule has 1 aromatic rings. The third-order valence-electron chi connectivity index (χ3n) is 3.19. The van der Waals surface area contributed by atoms with E-state index in [4.69, 9.17) is 0 Å². The summed E-state index contributed by atoms with van der Waals surface area (Å²) in [6, 6.07) is 6.08. The molecule has 0 atom stereocenters. The number of hydrogen-bond acceptors (Lipinski definition) is 2. The summed E-state index contributed by atoms with van der Waals surface area (Å²) in [5.41, 5.74) is 0.826. The van der Waals surface area contributed by atoms with E-state index in [0.29, 0.717) is 6.54 Å². The van der Waals surface area contributed by atoms with Crippen LogP contribution in [0.1, 0.15) is 18.4 Å². The van der Waals surface area contributed by atoms with Gasteiger partial charge in [0.2, 0.25) is 5.91 Å². The van der Waals surface area contributed by atoms with E-state index < -0.39 is 18.6 Å². The summed E-state index contributed by atoms with van der Waals surface area (Å²) in [5.74, 6) is -0.999. The first-order chi connectivity index (χ1) is 9.83. The maximum Gasteiger partial charge on any atom is 0.405 e. The van der Waals surface area contributed by atoms with E-state index in [9.17, 15) is 22.4 Å². The Hall–Kier alpha value is -1.63. The number of nitrogens with one attached hydrogen (secondary N) is 1. The Morgan fingerprint density at radius 1 is 1.24 bits per heavy atom. The van der Waals surface area contributed by atoms with Crippen LogP contribution in [0.2, 0.25) is 0 Å². The molecule has 3 nitrogen and oxygen atoms in total. The second-order valence-corrected chi connectivity index (χ2v) is 5.15. The van der Waals surface area contributed by atoms with Crippen LogP contribution in [0.5, 0.6) is 0 Å². The van der Waals surface area contributed by atoms with Crippen LogP contribution in [-0.2, 0) is 11.3 Å². The van der Waals surface area contributed by atoms with Crippen molar-refractivity contribution in [1.29, 1.82) is 0 Å². The lowest BCUT2D eigenvalue weighted by Gasteiger charge is -2.21. The van der Waals surface area contributed by atoms with Crippen molar-refractivity contribution >= 4 is 5.91 Å². The van der Waals surface area contributed by atoms with Gasteiger partial charge < -0.3 is 5.32 Å². The first-order valence-electron chi connectivity index (χ1n) is 6.65. The third kappa shape index (κ3) is 5.71. The molecule has 0 saturated heterocycles. The van der Waals surface area contributed by atoms with Gasteiger partial charge in [0.25, 0.3) is 0 Å². The van der Waals surface area contributed by atoms with Crippen LogP contribution in [0.25, 0.3) is 0 Å². The number of nitrogens with zero attached hydrogens (tertiary/aromatic N) is 1. The van der Waals surface area contributed by atoms with Crippen LogP contribution >= 0.6 is 0 Å². The number of carbonyl (C=O) groups excluding carboxylic acids is 1. The highest BCUT2D eigenvalue weighted by Gasteiger charge is 2.32. The molecule has 1 N–H and O–H groups in total. The van der Waals surface area contributed by atoms with Gasteiger partial charge in [-0.3, -0.25) is 9.69 Å². The number of halogens is 4. The summed E-state index contributed by atoms with van der Waals surface area (Å²) in [4.78, 5) is 13.4. The lowest BCUT2D eigenvalue weighted by atomic mass is 10.2. The Labute approximate surface area is 119 Å². The summed E-state index contributed by atoms with van der Waals surface area (Å²) >= 11 is 0. The number of amides is 1. The maximum absolute atomic E-state index is 12.8. The number of alkyl halides is 3. The van der Waals surface area contributed by atoms with Gasteiger partial charge in [-0.25, -0.2) is 4.39 Å². The van der Waals surface area contributed by atoms with Gasteiger partial charge in [0.15, 0.2) is 0 Å². The summed E-state index contributed by atoms with van der Waals surface area (Å²) < 4.78 is 49.0. The van der Waals surface area contributed by atoms with E-state index in [1.807, 2.05) is 10.2 Å². The number of carbonyl (C=O) groups is 1. The minimum atomic E-state index is -4.41. The minimum absolute atomic E-state index is 0.0852. The molecule has 0 radical (unpaired) electrons. The largest absolute Gasteiger partial charge is 0.405 e. The Kier molecular flexibility index (Phi) is 4.82. The van der Waals surface area contributed by atoms with Crippen molar-refractivity contribution in [2.24, 2.45) is 0 Å². The van der Waals surface area contributed by atoms with Gasteiger partial charge in [-0.1, -0.05) is 12.1 Å². The number of benzene rings is 1.